The summed E-state index contributed by atoms with van der Waals surface area (Å²) in [5, 5.41) is 0. The SMILES string of the molecule is CC(=O)CC(C)(C)C.CCCC(CC1CC/C=C\C(CC(=O)CC(C)(C)C)=C(\C)CC(=O)C1)C(CC)C(=O)CC(C)=O. The van der Waals surface area contributed by atoms with Gasteiger partial charge in [0, 0.05) is 38.0 Å². The topological polar surface area (TPSA) is 85.3 Å². The zero-order valence-electron chi connectivity index (χ0n) is 28.9. The molecule has 1 rings (SSSR count). The minimum absolute atomic E-state index is 0.0196. The third-order valence-corrected chi connectivity index (χ3v) is 7.62. The second kappa shape index (κ2) is 19.2. The average Bonchev–Trinajstić information content (AvgIpc) is 2.78. The molecule has 5 heteroatoms. The molecule has 0 N–H and O–H groups in total. The Morgan fingerprint density at radius 3 is 1.98 bits per heavy atom. The van der Waals surface area contributed by atoms with Gasteiger partial charge in [0.25, 0.3) is 0 Å². The molecular weight excluding hydrogens is 524 g/mol. The van der Waals surface area contributed by atoms with Crippen molar-refractivity contribution in [3.63, 3.8) is 0 Å². The summed E-state index contributed by atoms with van der Waals surface area (Å²) < 4.78 is 0. The highest BCUT2D eigenvalue weighted by Gasteiger charge is 2.30. The Morgan fingerprint density at radius 1 is 0.929 bits per heavy atom. The van der Waals surface area contributed by atoms with Gasteiger partial charge in [-0.05, 0) is 74.7 Å². The summed E-state index contributed by atoms with van der Waals surface area (Å²) in [6.07, 6.45) is 12.0. The summed E-state index contributed by atoms with van der Waals surface area (Å²) in [7, 11) is 0. The van der Waals surface area contributed by atoms with Crippen LogP contribution in [0.25, 0.3) is 0 Å². The zero-order valence-corrected chi connectivity index (χ0v) is 28.9. The lowest BCUT2D eigenvalue weighted by Gasteiger charge is -2.29. The van der Waals surface area contributed by atoms with Crippen LogP contribution in [0.5, 0.6) is 0 Å². The number of ketones is 5. The van der Waals surface area contributed by atoms with Gasteiger partial charge < -0.3 is 4.79 Å². The van der Waals surface area contributed by atoms with Gasteiger partial charge in [0.2, 0.25) is 0 Å². The highest BCUT2D eigenvalue weighted by molar-refractivity contribution is 5.99. The van der Waals surface area contributed by atoms with E-state index in [1.165, 1.54) is 6.92 Å². The molecule has 5 nitrogen and oxygen atoms in total. The number of carbonyl (C=O) groups is 5. The summed E-state index contributed by atoms with van der Waals surface area (Å²) in [5.74, 6) is 1.05. The van der Waals surface area contributed by atoms with Crippen LogP contribution in [0.15, 0.2) is 23.3 Å². The quantitative estimate of drug-likeness (QED) is 0.201. The predicted octanol–water partition coefficient (Wildman–Crippen LogP) is 9.41. The summed E-state index contributed by atoms with van der Waals surface area (Å²) in [6.45, 7) is 21.7. The van der Waals surface area contributed by atoms with E-state index in [4.69, 9.17) is 0 Å². The van der Waals surface area contributed by atoms with Crippen LogP contribution in [-0.4, -0.2) is 28.9 Å². The third-order valence-electron chi connectivity index (χ3n) is 7.62. The molecule has 42 heavy (non-hydrogen) atoms. The first-order chi connectivity index (χ1) is 19.3. The van der Waals surface area contributed by atoms with Crippen molar-refractivity contribution < 1.29 is 24.0 Å². The molecule has 240 valence electrons. The smallest absolute Gasteiger partial charge is 0.143 e. The Labute approximate surface area is 257 Å². The van der Waals surface area contributed by atoms with Crippen molar-refractivity contribution in [3.8, 4) is 0 Å². The van der Waals surface area contributed by atoms with E-state index in [1.54, 1.807) is 6.92 Å². The number of rotatable bonds is 13. The molecule has 0 saturated carbocycles. The Kier molecular flexibility index (Phi) is 18.2. The lowest BCUT2D eigenvalue weighted by molar-refractivity contribution is -0.130. The first kappa shape index (κ1) is 39.8. The third kappa shape index (κ3) is 19.1. The molecule has 1 aliphatic rings. The lowest BCUT2D eigenvalue weighted by Crippen LogP contribution is -2.27. The van der Waals surface area contributed by atoms with Crippen molar-refractivity contribution in [3.05, 3.63) is 23.3 Å². The Bertz CT molecular complexity index is 967. The highest BCUT2D eigenvalue weighted by Crippen LogP contribution is 2.34. The van der Waals surface area contributed by atoms with Crippen LogP contribution < -0.4 is 0 Å². The van der Waals surface area contributed by atoms with Crippen LogP contribution in [0, 0.1) is 28.6 Å². The van der Waals surface area contributed by atoms with Gasteiger partial charge in [-0.25, -0.2) is 0 Å². The molecular formula is C37H62O5. The largest absolute Gasteiger partial charge is 0.300 e. The minimum atomic E-state index is -0.105. The summed E-state index contributed by atoms with van der Waals surface area (Å²) in [4.78, 5) is 60.3. The minimum Gasteiger partial charge on any atom is -0.300 e. The van der Waals surface area contributed by atoms with Crippen LogP contribution in [0.4, 0.5) is 0 Å². The van der Waals surface area contributed by atoms with Crippen molar-refractivity contribution in [2.75, 3.05) is 0 Å². The molecule has 3 atom stereocenters. The number of hydrogen-bond acceptors (Lipinski definition) is 5. The van der Waals surface area contributed by atoms with Gasteiger partial charge in [-0.1, -0.05) is 86.0 Å². The van der Waals surface area contributed by atoms with Crippen molar-refractivity contribution in [2.45, 2.75) is 153 Å². The summed E-state index contributed by atoms with van der Waals surface area (Å²) >= 11 is 0. The number of hydrogen-bond donors (Lipinski definition) is 0. The number of carbonyl (C=O) groups excluding carboxylic acids is 5. The van der Waals surface area contributed by atoms with Crippen LogP contribution in [0.1, 0.15) is 153 Å². The van der Waals surface area contributed by atoms with Gasteiger partial charge >= 0.3 is 0 Å². The maximum Gasteiger partial charge on any atom is 0.143 e. The molecule has 0 aromatic rings. The van der Waals surface area contributed by atoms with Gasteiger partial charge in [-0.3, -0.25) is 19.2 Å². The van der Waals surface area contributed by atoms with E-state index in [0.29, 0.717) is 32.1 Å². The van der Waals surface area contributed by atoms with Crippen LogP contribution in [0.3, 0.4) is 0 Å². The van der Waals surface area contributed by atoms with Gasteiger partial charge in [0.05, 0.1) is 6.42 Å². The monoisotopic (exact) mass is 586 g/mol. The molecule has 0 bridgehead atoms. The van der Waals surface area contributed by atoms with E-state index in [0.717, 1.165) is 49.7 Å². The molecule has 0 saturated heterocycles. The van der Waals surface area contributed by atoms with Crippen LogP contribution >= 0.6 is 0 Å². The molecule has 1 aliphatic carbocycles. The molecule has 0 aromatic heterocycles. The fourth-order valence-corrected chi connectivity index (χ4v) is 6.11. The zero-order chi connectivity index (χ0) is 32.7. The van der Waals surface area contributed by atoms with Crippen molar-refractivity contribution in [1.82, 2.24) is 0 Å². The van der Waals surface area contributed by atoms with E-state index >= 15 is 0 Å². The molecule has 0 amide bonds. The van der Waals surface area contributed by atoms with E-state index in [-0.39, 0.29) is 63.9 Å². The molecule has 0 spiro atoms. The Morgan fingerprint density at radius 2 is 1.52 bits per heavy atom. The molecule has 0 radical (unpaired) electrons. The van der Waals surface area contributed by atoms with Gasteiger partial charge in [0.1, 0.15) is 28.9 Å². The molecule has 0 fully saturated rings. The summed E-state index contributed by atoms with van der Waals surface area (Å²) in [5.41, 5.74) is 2.13. The standard InChI is InChI=1S/C30H48O4.C7H14O/c1-8-12-25(28(9-2)29(34)16-22(4)31)17-23-13-10-11-14-24(21(3)15-26(32)18-23)19-27(33)20-30(5,6)7;1-6(8)5-7(2,3)4/h11,14,23,25,28H,8-10,12-13,15-20H2,1-7H3;5H2,1-4H3/b14-11-,24-21+;. The second-order valence-electron chi connectivity index (χ2n) is 15.1. The van der Waals surface area contributed by atoms with Gasteiger partial charge in [-0.2, -0.15) is 0 Å². The molecule has 3 unspecified atom stereocenters. The molecule has 0 aromatic carbocycles. The van der Waals surface area contributed by atoms with Crippen LogP contribution in [-0.2, 0) is 24.0 Å². The van der Waals surface area contributed by atoms with Gasteiger partial charge in [0.15, 0.2) is 0 Å². The lowest BCUT2D eigenvalue weighted by atomic mass is 9.75. The predicted molar refractivity (Wildman–Crippen MR) is 174 cm³/mol. The number of Topliss-reactive ketones (excluding diaryl/α,β-unsaturated/α-hetero) is 5. The first-order valence-electron chi connectivity index (χ1n) is 16.2. The van der Waals surface area contributed by atoms with Gasteiger partial charge in [-0.15, -0.1) is 0 Å². The van der Waals surface area contributed by atoms with E-state index in [2.05, 4.69) is 60.6 Å². The molecule has 0 heterocycles. The molecule has 0 aliphatic heterocycles. The maximum atomic E-state index is 13.0. The average molecular weight is 587 g/mol. The summed E-state index contributed by atoms with van der Waals surface area (Å²) in [6, 6.07) is 0. The van der Waals surface area contributed by atoms with Crippen molar-refractivity contribution >= 4 is 28.9 Å². The van der Waals surface area contributed by atoms with E-state index < -0.39 is 0 Å². The van der Waals surface area contributed by atoms with E-state index in [9.17, 15) is 24.0 Å². The maximum absolute atomic E-state index is 13.0. The highest BCUT2D eigenvalue weighted by atomic mass is 16.2. The Hall–Kier alpha value is -2.17. The normalized spacial score (nSPS) is 20.5. The van der Waals surface area contributed by atoms with Crippen molar-refractivity contribution in [1.29, 1.82) is 0 Å². The second-order valence-corrected chi connectivity index (χ2v) is 15.1. The van der Waals surface area contributed by atoms with E-state index in [1.807, 2.05) is 13.8 Å². The first-order valence-corrected chi connectivity index (χ1v) is 16.2. The van der Waals surface area contributed by atoms with Crippen LogP contribution in [0.2, 0.25) is 0 Å². The van der Waals surface area contributed by atoms with Crippen molar-refractivity contribution in [2.24, 2.45) is 28.6 Å². The number of allylic oxidation sites excluding steroid dienone is 4. The Balaban J connectivity index is 0.00000183. The fourth-order valence-electron chi connectivity index (χ4n) is 6.11. The fraction of sp³-hybridized carbons (Fsp3) is 0.757.